The van der Waals surface area contributed by atoms with Gasteiger partial charge >= 0.3 is 0 Å². The Balaban J connectivity index is 1.93. The molecule has 0 aromatic carbocycles. The quantitative estimate of drug-likeness (QED) is 0.613. The summed E-state index contributed by atoms with van der Waals surface area (Å²) in [5.74, 6) is 0.858. The molecule has 0 bridgehead atoms. The fourth-order valence-corrected chi connectivity index (χ4v) is 2.34. The van der Waals surface area contributed by atoms with Gasteiger partial charge in [0.15, 0.2) is 0 Å². The lowest BCUT2D eigenvalue weighted by Gasteiger charge is -2.02. The zero-order valence-electron chi connectivity index (χ0n) is 9.91. The first-order chi connectivity index (χ1) is 8.19. The molecule has 1 aliphatic carbocycles. The topological polar surface area (TPSA) is 53.7 Å². The summed E-state index contributed by atoms with van der Waals surface area (Å²) in [7, 11) is 1.92. The molecule has 5 heteroatoms. The van der Waals surface area contributed by atoms with Gasteiger partial charge in [0.05, 0.1) is 0 Å². The number of aromatic nitrogens is 2. The lowest BCUT2D eigenvalue weighted by Crippen LogP contribution is -2.11. The third kappa shape index (κ3) is 3.83. The van der Waals surface area contributed by atoms with Crippen LogP contribution in [0.5, 0.6) is 0 Å². The summed E-state index contributed by atoms with van der Waals surface area (Å²) >= 11 is 2.23. The SMILES string of the molecule is Cn1cc(C/C(C=N)=C/NCC2CC2)c(I)n1. The van der Waals surface area contributed by atoms with Crippen molar-refractivity contribution in [1.82, 2.24) is 15.1 Å². The van der Waals surface area contributed by atoms with Crippen LogP contribution in [0.2, 0.25) is 0 Å². The number of aryl methyl sites for hydroxylation is 1. The third-order valence-corrected chi connectivity index (χ3v) is 3.73. The van der Waals surface area contributed by atoms with Crippen molar-refractivity contribution in [2.24, 2.45) is 13.0 Å². The maximum atomic E-state index is 7.42. The summed E-state index contributed by atoms with van der Waals surface area (Å²) in [5, 5.41) is 15.0. The summed E-state index contributed by atoms with van der Waals surface area (Å²) in [6, 6.07) is 0. The predicted molar refractivity (Wildman–Crippen MR) is 77.2 cm³/mol. The van der Waals surface area contributed by atoms with Crippen LogP contribution in [0.3, 0.4) is 0 Å². The van der Waals surface area contributed by atoms with Crippen molar-refractivity contribution in [2.45, 2.75) is 19.3 Å². The van der Waals surface area contributed by atoms with Gasteiger partial charge in [-0.05, 0) is 46.9 Å². The van der Waals surface area contributed by atoms with Crippen LogP contribution in [0.15, 0.2) is 18.0 Å². The standard InChI is InChI=1S/C12H17IN4/c1-17-8-11(12(13)16-17)4-10(5-14)7-15-6-9-2-3-9/h5,7-9,14-15H,2-4,6H2,1H3/b10-7-,14-5?. The number of hydrogen-bond acceptors (Lipinski definition) is 3. The minimum atomic E-state index is 0.771. The molecule has 2 rings (SSSR count). The molecule has 1 aromatic rings. The molecule has 1 saturated carbocycles. The van der Waals surface area contributed by atoms with Crippen LogP contribution in [-0.2, 0) is 13.5 Å². The van der Waals surface area contributed by atoms with Crippen molar-refractivity contribution >= 4 is 28.8 Å². The Hall–Kier alpha value is -0.850. The highest BCUT2D eigenvalue weighted by molar-refractivity contribution is 14.1. The van der Waals surface area contributed by atoms with E-state index in [0.29, 0.717) is 0 Å². The average molecular weight is 344 g/mol. The van der Waals surface area contributed by atoms with Crippen LogP contribution in [0.4, 0.5) is 0 Å². The van der Waals surface area contributed by atoms with Gasteiger partial charge in [-0.25, -0.2) is 0 Å². The van der Waals surface area contributed by atoms with E-state index in [1.165, 1.54) is 24.6 Å². The summed E-state index contributed by atoms with van der Waals surface area (Å²) in [5.41, 5.74) is 2.17. The molecule has 1 heterocycles. The van der Waals surface area contributed by atoms with Crippen LogP contribution < -0.4 is 5.32 Å². The second-order valence-corrected chi connectivity index (χ2v) is 5.53. The smallest absolute Gasteiger partial charge is 0.126 e. The molecule has 0 aliphatic heterocycles. The molecule has 0 spiro atoms. The van der Waals surface area contributed by atoms with E-state index in [1.807, 2.05) is 24.1 Å². The van der Waals surface area contributed by atoms with Crippen LogP contribution in [0.25, 0.3) is 0 Å². The molecule has 17 heavy (non-hydrogen) atoms. The van der Waals surface area contributed by atoms with Crippen molar-refractivity contribution in [3.63, 3.8) is 0 Å². The van der Waals surface area contributed by atoms with E-state index < -0.39 is 0 Å². The highest BCUT2D eigenvalue weighted by atomic mass is 127. The van der Waals surface area contributed by atoms with E-state index in [0.717, 1.165) is 28.2 Å². The van der Waals surface area contributed by atoms with Crippen LogP contribution in [0.1, 0.15) is 18.4 Å². The first kappa shape index (κ1) is 12.6. The van der Waals surface area contributed by atoms with E-state index in [1.54, 1.807) is 0 Å². The summed E-state index contributed by atoms with van der Waals surface area (Å²) in [4.78, 5) is 0. The molecule has 1 aliphatic rings. The normalized spacial score (nSPS) is 16.0. The highest BCUT2D eigenvalue weighted by Crippen LogP contribution is 2.27. The molecule has 0 saturated heterocycles. The Morgan fingerprint density at radius 2 is 2.47 bits per heavy atom. The lowest BCUT2D eigenvalue weighted by atomic mass is 10.1. The molecule has 0 atom stereocenters. The number of rotatable bonds is 6. The second-order valence-electron chi connectivity index (χ2n) is 4.51. The number of halogens is 1. The summed E-state index contributed by atoms with van der Waals surface area (Å²) < 4.78 is 2.83. The van der Waals surface area contributed by atoms with Gasteiger partial charge in [-0.2, -0.15) is 5.10 Å². The molecule has 1 aromatic heterocycles. The van der Waals surface area contributed by atoms with E-state index in [2.05, 4.69) is 33.0 Å². The van der Waals surface area contributed by atoms with Crippen LogP contribution in [0, 0.1) is 15.0 Å². The lowest BCUT2D eigenvalue weighted by molar-refractivity contribution is 0.744. The number of hydrogen-bond donors (Lipinski definition) is 2. The van der Waals surface area contributed by atoms with Crippen LogP contribution >= 0.6 is 22.6 Å². The van der Waals surface area contributed by atoms with E-state index in [9.17, 15) is 0 Å². The first-order valence-corrected chi connectivity index (χ1v) is 6.88. The van der Waals surface area contributed by atoms with Crippen molar-refractivity contribution in [3.05, 3.63) is 27.2 Å². The zero-order chi connectivity index (χ0) is 12.3. The molecule has 4 nitrogen and oxygen atoms in total. The first-order valence-electron chi connectivity index (χ1n) is 5.80. The Bertz CT molecular complexity index is 432. The Kier molecular flexibility index (Phi) is 4.20. The van der Waals surface area contributed by atoms with Gasteiger partial charge in [0.2, 0.25) is 0 Å². The predicted octanol–water partition coefficient (Wildman–Crippen LogP) is 2.10. The monoisotopic (exact) mass is 344 g/mol. The van der Waals surface area contributed by atoms with E-state index in [-0.39, 0.29) is 0 Å². The Morgan fingerprint density at radius 1 is 1.71 bits per heavy atom. The van der Waals surface area contributed by atoms with Crippen LogP contribution in [-0.4, -0.2) is 22.5 Å². The summed E-state index contributed by atoms with van der Waals surface area (Å²) in [6.45, 7) is 1.04. The summed E-state index contributed by atoms with van der Waals surface area (Å²) in [6.07, 6.45) is 8.87. The minimum absolute atomic E-state index is 0.771. The highest BCUT2D eigenvalue weighted by Gasteiger charge is 2.19. The molecule has 2 N–H and O–H groups in total. The van der Waals surface area contributed by atoms with E-state index in [4.69, 9.17) is 5.41 Å². The second kappa shape index (κ2) is 5.66. The fourth-order valence-electron chi connectivity index (χ4n) is 1.67. The van der Waals surface area contributed by atoms with Gasteiger partial charge in [0, 0.05) is 44.2 Å². The van der Waals surface area contributed by atoms with Gasteiger partial charge in [-0.15, -0.1) is 0 Å². The molecule has 0 radical (unpaired) electrons. The van der Waals surface area contributed by atoms with Gasteiger partial charge < -0.3 is 10.7 Å². The zero-order valence-corrected chi connectivity index (χ0v) is 12.1. The third-order valence-electron chi connectivity index (χ3n) is 2.82. The molecular weight excluding hydrogens is 327 g/mol. The molecular formula is C12H17IN4. The fraction of sp³-hybridized carbons (Fsp3) is 0.500. The average Bonchev–Trinajstić information content (AvgIpc) is 3.04. The van der Waals surface area contributed by atoms with Gasteiger partial charge in [0.25, 0.3) is 0 Å². The van der Waals surface area contributed by atoms with E-state index >= 15 is 0 Å². The molecule has 0 amide bonds. The number of allylic oxidation sites excluding steroid dienone is 1. The number of nitrogens with one attached hydrogen (secondary N) is 2. The minimum Gasteiger partial charge on any atom is -0.390 e. The van der Waals surface area contributed by atoms with Gasteiger partial charge in [-0.1, -0.05) is 0 Å². The number of nitrogens with zero attached hydrogens (tertiary/aromatic N) is 2. The molecule has 1 fully saturated rings. The Labute approximate surface area is 115 Å². The van der Waals surface area contributed by atoms with Crippen molar-refractivity contribution in [1.29, 1.82) is 5.41 Å². The van der Waals surface area contributed by atoms with Crippen molar-refractivity contribution in [3.8, 4) is 0 Å². The van der Waals surface area contributed by atoms with Crippen molar-refractivity contribution in [2.75, 3.05) is 6.54 Å². The maximum Gasteiger partial charge on any atom is 0.126 e. The van der Waals surface area contributed by atoms with Crippen molar-refractivity contribution < 1.29 is 0 Å². The molecule has 0 unspecified atom stereocenters. The maximum absolute atomic E-state index is 7.42. The largest absolute Gasteiger partial charge is 0.390 e. The van der Waals surface area contributed by atoms with Gasteiger partial charge in [0.1, 0.15) is 3.70 Å². The Morgan fingerprint density at radius 3 is 3.00 bits per heavy atom. The molecule has 92 valence electrons. The van der Waals surface area contributed by atoms with Gasteiger partial charge in [-0.3, -0.25) is 4.68 Å².